The fourth-order valence-electron chi connectivity index (χ4n) is 1.31. The van der Waals surface area contributed by atoms with Gasteiger partial charge in [0.2, 0.25) is 0 Å². The number of nitrogens with one attached hydrogen (secondary N) is 1. The smallest absolute Gasteiger partial charge is 0.119 e. The molecule has 0 spiro atoms. The monoisotopic (exact) mass is 287 g/mol. The fraction of sp³-hybridized carbons (Fsp3) is 0.571. The van der Waals surface area contributed by atoms with Gasteiger partial charge in [0.15, 0.2) is 0 Å². The highest BCUT2D eigenvalue weighted by Gasteiger charge is 2.12. The van der Waals surface area contributed by atoms with Crippen molar-refractivity contribution < 1.29 is 14.7 Å². The van der Waals surface area contributed by atoms with E-state index in [-0.39, 0.29) is 12.2 Å². The van der Waals surface area contributed by atoms with Gasteiger partial charge in [0.1, 0.15) is 18.5 Å². The van der Waals surface area contributed by atoms with Gasteiger partial charge in [-0.25, -0.2) is 0 Å². The number of halogens is 1. The molecule has 4 nitrogen and oxygen atoms in total. The van der Waals surface area contributed by atoms with E-state index < -0.39 is 6.10 Å². The van der Waals surface area contributed by atoms with Crippen LogP contribution in [-0.4, -0.2) is 30.0 Å². The lowest BCUT2D eigenvalue weighted by molar-refractivity contribution is -0.0857. The van der Waals surface area contributed by atoms with Gasteiger partial charge in [-0.05, 0) is 51.5 Å². The third kappa shape index (κ3) is 6.78. The van der Waals surface area contributed by atoms with Crippen LogP contribution in [0.2, 0.25) is 5.02 Å². The molecule has 2 N–H and O–H groups in total. The van der Waals surface area contributed by atoms with Gasteiger partial charge in [-0.3, -0.25) is 4.84 Å². The molecule has 5 heteroatoms. The Morgan fingerprint density at radius 3 is 2.63 bits per heavy atom. The zero-order valence-corrected chi connectivity index (χ0v) is 12.6. The second kappa shape index (κ2) is 7.10. The molecule has 1 unspecified atom stereocenters. The van der Waals surface area contributed by atoms with Crippen molar-refractivity contribution in [1.29, 1.82) is 0 Å². The number of ether oxygens (including phenoxy) is 1. The van der Waals surface area contributed by atoms with Crippen LogP contribution < -0.4 is 10.2 Å². The van der Waals surface area contributed by atoms with Gasteiger partial charge in [-0.15, -0.1) is 0 Å². The highest BCUT2D eigenvalue weighted by Crippen LogP contribution is 2.21. The van der Waals surface area contributed by atoms with Crippen molar-refractivity contribution in [3.8, 4) is 5.75 Å². The molecule has 0 saturated carbocycles. The second-order valence-corrected chi connectivity index (χ2v) is 5.85. The lowest BCUT2D eigenvalue weighted by Gasteiger charge is -2.21. The van der Waals surface area contributed by atoms with Gasteiger partial charge in [-0.2, -0.15) is 5.48 Å². The van der Waals surface area contributed by atoms with E-state index in [1.54, 1.807) is 12.1 Å². The molecular formula is C14H22ClNO3. The fourth-order valence-corrected chi connectivity index (χ4v) is 1.43. The number of benzene rings is 1. The number of hydrogen-bond acceptors (Lipinski definition) is 4. The van der Waals surface area contributed by atoms with Gasteiger partial charge in [0, 0.05) is 5.02 Å². The molecule has 0 heterocycles. The Balaban J connectivity index is 2.29. The average Bonchev–Trinajstić information content (AvgIpc) is 2.29. The van der Waals surface area contributed by atoms with E-state index in [1.165, 1.54) is 0 Å². The molecule has 1 aromatic carbocycles. The van der Waals surface area contributed by atoms with Crippen molar-refractivity contribution in [3.63, 3.8) is 0 Å². The molecule has 0 bridgehead atoms. The van der Waals surface area contributed by atoms with Crippen molar-refractivity contribution >= 4 is 11.6 Å². The van der Waals surface area contributed by atoms with Crippen molar-refractivity contribution in [3.05, 3.63) is 28.8 Å². The van der Waals surface area contributed by atoms with E-state index in [0.717, 1.165) is 5.56 Å². The Morgan fingerprint density at radius 2 is 2.05 bits per heavy atom. The SMILES string of the molecule is Cc1cc(OCC(O)CNOC(C)(C)C)ccc1Cl. The summed E-state index contributed by atoms with van der Waals surface area (Å²) in [4.78, 5) is 5.30. The largest absolute Gasteiger partial charge is 0.491 e. The minimum atomic E-state index is -0.640. The Hall–Kier alpha value is -0.810. The van der Waals surface area contributed by atoms with Crippen LogP contribution in [0.1, 0.15) is 26.3 Å². The quantitative estimate of drug-likeness (QED) is 0.790. The lowest BCUT2D eigenvalue weighted by atomic mass is 10.2. The molecule has 0 amide bonds. The summed E-state index contributed by atoms with van der Waals surface area (Å²) in [5, 5.41) is 10.4. The second-order valence-electron chi connectivity index (χ2n) is 5.44. The molecule has 108 valence electrons. The first-order chi connectivity index (χ1) is 8.78. The average molecular weight is 288 g/mol. The highest BCUT2D eigenvalue weighted by atomic mass is 35.5. The first kappa shape index (κ1) is 16.2. The van der Waals surface area contributed by atoms with Crippen LogP contribution in [0.3, 0.4) is 0 Å². The minimum absolute atomic E-state index is 0.196. The summed E-state index contributed by atoms with van der Waals surface area (Å²) in [6, 6.07) is 5.40. The predicted octanol–water partition coefficient (Wildman–Crippen LogP) is 2.71. The number of aliphatic hydroxyl groups is 1. The van der Waals surface area contributed by atoms with Crippen molar-refractivity contribution in [2.24, 2.45) is 0 Å². The normalized spacial score (nSPS) is 13.4. The van der Waals surface area contributed by atoms with E-state index in [1.807, 2.05) is 33.8 Å². The molecule has 0 radical (unpaired) electrons. The van der Waals surface area contributed by atoms with Crippen molar-refractivity contribution in [2.45, 2.75) is 39.4 Å². The van der Waals surface area contributed by atoms with Crippen molar-refractivity contribution in [1.82, 2.24) is 5.48 Å². The van der Waals surface area contributed by atoms with E-state index >= 15 is 0 Å². The minimum Gasteiger partial charge on any atom is -0.491 e. The van der Waals surface area contributed by atoms with Gasteiger partial charge in [-0.1, -0.05) is 11.6 Å². The number of rotatable bonds is 6. The summed E-state index contributed by atoms with van der Waals surface area (Å²) < 4.78 is 5.48. The summed E-state index contributed by atoms with van der Waals surface area (Å²) in [7, 11) is 0. The third-order valence-corrected chi connectivity index (χ3v) is 2.69. The van der Waals surface area contributed by atoms with Gasteiger partial charge < -0.3 is 9.84 Å². The van der Waals surface area contributed by atoms with Crippen LogP contribution in [0.5, 0.6) is 5.75 Å². The van der Waals surface area contributed by atoms with E-state index in [4.69, 9.17) is 21.2 Å². The first-order valence-corrected chi connectivity index (χ1v) is 6.63. The summed E-state index contributed by atoms with van der Waals surface area (Å²) >= 11 is 5.92. The van der Waals surface area contributed by atoms with Crippen molar-refractivity contribution in [2.75, 3.05) is 13.2 Å². The molecular weight excluding hydrogens is 266 g/mol. The van der Waals surface area contributed by atoms with Crippen LogP contribution in [-0.2, 0) is 4.84 Å². The highest BCUT2D eigenvalue weighted by molar-refractivity contribution is 6.31. The van der Waals surface area contributed by atoms with E-state index in [2.05, 4.69) is 5.48 Å². The molecule has 0 aromatic heterocycles. The van der Waals surface area contributed by atoms with Crippen LogP contribution in [0, 0.1) is 6.92 Å². The molecule has 0 fully saturated rings. The standard InChI is InChI=1S/C14H22ClNO3/c1-10-7-12(5-6-13(10)15)18-9-11(17)8-16-19-14(2,3)4/h5-7,11,16-17H,8-9H2,1-4H3. The predicted molar refractivity (Wildman–Crippen MR) is 76.5 cm³/mol. The molecule has 0 aliphatic rings. The Morgan fingerprint density at radius 1 is 1.37 bits per heavy atom. The lowest BCUT2D eigenvalue weighted by Crippen LogP contribution is -2.36. The molecule has 0 saturated heterocycles. The third-order valence-electron chi connectivity index (χ3n) is 2.27. The number of hydroxylamine groups is 1. The van der Waals surface area contributed by atoms with Crippen LogP contribution in [0.15, 0.2) is 18.2 Å². The molecule has 1 rings (SSSR count). The number of aliphatic hydroxyl groups excluding tert-OH is 1. The summed E-state index contributed by atoms with van der Waals surface area (Å²) in [5.74, 6) is 0.692. The maximum Gasteiger partial charge on any atom is 0.119 e. The van der Waals surface area contributed by atoms with Crippen LogP contribution in [0.25, 0.3) is 0 Å². The maximum atomic E-state index is 9.74. The number of aryl methyl sites for hydroxylation is 1. The van der Waals surface area contributed by atoms with E-state index in [0.29, 0.717) is 17.3 Å². The Bertz CT molecular complexity index is 404. The molecule has 0 aliphatic carbocycles. The summed E-state index contributed by atoms with van der Waals surface area (Å²) in [6.07, 6.45) is -0.640. The number of hydrogen-bond donors (Lipinski definition) is 2. The molecule has 1 aromatic rings. The zero-order chi connectivity index (χ0) is 14.5. The molecule has 1 atom stereocenters. The molecule has 19 heavy (non-hydrogen) atoms. The summed E-state index contributed by atoms with van der Waals surface area (Å²) in [5.41, 5.74) is 3.39. The first-order valence-electron chi connectivity index (χ1n) is 6.26. The maximum absolute atomic E-state index is 9.74. The molecule has 0 aliphatic heterocycles. The Labute approximate surface area is 119 Å². The van der Waals surface area contributed by atoms with Gasteiger partial charge >= 0.3 is 0 Å². The zero-order valence-electron chi connectivity index (χ0n) is 11.9. The van der Waals surface area contributed by atoms with Crippen LogP contribution >= 0.6 is 11.6 Å². The van der Waals surface area contributed by atoms with Gasteiger partial charge in [0.25, 0.3) is 0 Å². The summed E-state index contributed by atoms with van der Waals surface area (Å²) in [6.45, 7) is 8.20. The Kier molecular flexibility index (Phi) is 6.07. The van der Waals surface area contributed by atoms with Crippen LogP contribution in [0.4, 0.5) is 0 Å². The topological polar surface area (TPSA) is 50.7 Å². The van der Waals surface area contributed by atoms with E-state index in [9.17, 15) is 5.11 Å². The van der Waals surface area contributed by atoms with Gasteiger partial charge in [0.05, 0.1) is 12.1 Å².